The van der Waals surface area contributed by atoms with Gasteiger partial charge in [-0.3, -0.25) is 0 Å². The summed E-state index contributed by atoms with van der Waals surface area (Å²) in [6.45, 7) is 15.2. The molecule has 0 saturated carbocycles. The second-order valence-electron chi connectivity index (χ2n) is 10.2. The van der Waals surface area contributed by atoms with Crippen molar-refractivity contribution in [1.29, 1.82) is 0 Å². The summed E-state index contributed by atoms with van der Waals surface area (Å²) in [6, 6.07) is 5.99. The molecule has 0 bridgehead atoms. The van der Waals surface area contributed by atoms with Crippen LogP contribution in [-0.4, -0.2) is 48.0 Å². The van der Waals surface area contributed by atoms with Crippen LogP contribution in [0.15, 0.2) is 18.2 Å². The number of likely N-dealkylation sites (tertiary alicyclic amines) is 1. The number of anilines is 1. The fourth-order valence-corrected chi connectivity index (χ4v) is 3.84. The second-order valence-corrected chi connectivity index (χ2v) is 10.2. The Hall–Kier alpha value is -1.73. The van der Waals surface area contributed by atoms with Crippen molar-refractivity contribution in [3.05, 3.63) is 23.8 Å². The molecule has 160 valence electrons. The molecule has 2 saturated heterocycles. The van der Waals surface area contributed by atoms with Gasteiger partial charge in [-0.15, -0.1) is 0 Å². The molecule has 2 N–H and O–H groups in total. The molecule has 2 fully saturated rings. The Morgan fingerprint density at radius 2 is 1.69 bits per heavy atom. The predicted octanol–water partition coefficient (Wildman–Crippen LogP) is 3.68. The lowest BCUT2D eigenvalue weighted by Gasteiger charge is -2.34. The fourth-order valence-electron chi connectivity index (χ4n) is 3.84. The summed E-state index contributed by atoms with van der Waals surface area (Å²) in [7, 11) is -0.442. The van der Waals surface area contributed by atoms with Gasteiger partial charge in [0.1, 0.15) is 5.60 Å². The highest BCUT2D eigenvalue weighted by molar-refractivity contribution is 6.62. The van der Waals surface area contributed by atoms with Gasteiger partial charge in [0.2, 0.25) is 0 Å². The Morgan fingerprint density at radius 1 is 1.14 bits per heavy atom. The van der Waals surface area contributed by atoms with Crippen molar-refractivity contribution in [3.63, 3.8) is 0 Å². The van der Waals surface area contributed by atoms with Gasteiger partial charge in [0.25, 0.3) is 0 Å². The summed E-state index contributed by atoms with van der Waals surface area (Å²) in [6.07, 6.45) is 1.50. The molecule has 2 heterocycles. The molecule has 1 aromatic carbocycles. The van der Waals surface area contributed by atoms with Gasteiger partial charge >= 0.3 is 13.2 Å². The van der Waals surface area contributed by atoms with Crippen LogP contribution in [0.5, 0.6) is 0 Å². The average molecular weight is 402 g/mol. The largest absolute Gasteiger partial charge is 0.495 e. The number of piperidine rings is 1. The van der Waals surface area contributed by atoms with Crippen molar-refractivity contribution in [2.75, 3.05) is 18.8 Å². The molecular formula is C22H35BN2O4. The van der Waals surface area contributed by atoms with Crippen LogP contribution in [0, 0.1) is 0 Å². The Kier molecular flexibility index (Phi) is 5.69. The van der Waals surface area contributed by atoms with E-state index in [0.29, 0.717) is 24.7 Å². The Bertz CT molecular complexity index is 749. The molecule has 6 nitrogen and oxygen atoms in total. The van der Waals surface area contributed by atoms with Gasteiger partial charge in [0, 0.05) is 18.8 Å². The van der Waals surface area contributed by atoms with E-state index in [9.17, 15) is 4.79 Å². The van der Waals surface area contributed by atoms with E-state index < -0.39 is 23.9 Å². The molecule has 0 aliphatic carbocycles. The molecule has 1 amide bonds. The number of ether oxygens (including phenoxy) is 1. The molecule has 0 spiro atoms. The summed E-state index contributed by atoms with van der Waals surface area (Å²) < 4.78 is 18.1. The molecule has 0 aromatic heterocycles. The van der Waals surface area contributed by atoms with Crippen LogP contribution < -0.4 is 11.2 Å². The van der Waals surface area contributed by atoms with E-state index in [1.54, 1.807) is 4.90 Å². The minimum atomic E-state index is -0.477. The van der Waals surface area contributed by atoms with Crippen LogP contribution in [0.3, 0.4) is 0 Å². The van der Waals surface area contributed by atoms with Crippen LogP contribution in [0.25, 0.3) is 0 Å². The second kappa shape index (κ2) is 7.51. The minimum absolute atomic E-state index is 0.237. The number of nitrogens with zero attached hydrogens (tertiary/aromatic N) is 1. The highest BCUT2D eigenvalue weighted by Gasteiger charge is 2.52. The summed E-state index contributed by atoms with van der Waals surface area (Å²) in [5.74, 6) is 0.323. The van der Waals surface area contributed by atoms with E-state index in [2.05, 4.69) is 33.8 Å². The maximum atomic E-state index is 12.4. The third kappa shape index (κ3) is 4.72. The van der Waals surface area contributed by atoms with E-state index in [0.717, 1.165) is 18.3 Å². The van der Waals surface area contributed by atoms with Crippen molar-refractivity contribution in [1.82, 2.24) is 4.90 Å². The van der Waals surface area contributed by atoms with Crippen molar-refractivity contribution in [2.24, 2.45) is 0 Å². The molecule has 29 heavy (non-hydrogen) atoms. The molecule has 0 unspecified atom stereocenters. The Labute approximate surface area is 175 Å². The van der Waals surface area contributed by atoms with Gasteiger partial charge in [-0.2, -0.15) is 0 Å². The van der Waals surface area contributed by atoms with E-state index in [-0.39, 0.29) is 6.09 Å². The van der Waals surface area contributed by atoms with Gasteiger partial charge in [-0.05, 0) is 90.4 Å². The molecule has 2 aliphatic rings. The molecule has 1 aromatic rings. The first-order chi connectivity index (χ1) is 13.3. The molecule has 0 radical (unpaired) electrons. The maximum Gasteiger partial charge on any atom is 0.495 e. The van der Waals surface area contributed by atoms with Gasteiger partial charge in [0.15, 0.2) is 0 Å². The number of nitrogen functional groups attached to an aromatic ring is 1. The zero-order valence-electron chi connectivity index (χ0n) is 18.9. The third-order valence-corrected chi connectivity index (χ3v) is 6.20. The Balaban J connectivity index is 1.76. The standard InChI is InChI=1S/C22H35BN2O4/c1-20(2,3)27-19(26)25-12-10-15(11-13-25)17-9-8-16(24)14-18(17)23-28-21(4,5)22(6,7)29-23/h8-9,14-15H,10-13,24H2,1-7H3. The van der Waals surface area contributed by atoms with Crippen molar-refractivity contribution >= 4 is 24.4 Å². The monoisotopic (exact) mass is 402 g/mol. The van der Waals surface area contributed by atoms with E-state index >= 15 is 0 Å². The zero-order chi connectivity index (χ0) is 21.6. The maximum absolute atomic E-state index is 12.4. The molecule has 0 atom stereocenters. The number of benzene rings is 1. The van der Waals surface area contributed by atoms with Crippen LogP contribution in [0.1, 0.15) is 72.8 Å². The third-order valence-electron chi connectivity index (χ3n) is 6.20. The Morgan fingerprint density at radius 3 is 2.21 bits per heavy atom. The predicted molar refractivity (Wildman–Crippen MR) is 116 cm³/mol. The van der Waals surface area contributed by atoms with Gasteiger partial charge in [-0.1, -0.05) is 6.07 Å². The average Bonchev–Trinajstić information content (AvgIpc) is 2.81. The number of rotatable bonds is 2. The van der Waals surface area contributed by atoms with Crippen LogP contribution in [0.2, 0.25) is 0 Å². The molecular weight excluding hydrogens is 367 g/mol. The molecule has 7 heteroatoms. The van der Waals surface area contributed by atoms with Crippen molar-refractivity contribution in [3.8, 4) is 0 Å². The first-order valence-corrected chi connectivity index (χ1v) is 10.5. The van der Waals surface area contributed by atoms with E-state index in [1.165, 1.54) is 5.56 Å². The van der Waals surface area contributed by atoms with E-state index in [1.807, 2.05) is 32.9 Å². The smallest absolute Gasteiger partial charge is 0.444 e. The number of nitrogens with two attached hydrogens (primary N) is 1. The van der Waals surface area contributed by atoms with Crippen LogP contribution >= 0.6 is 0 Å². The SMILES string of the molecule is CC(C)(C)OC(=O)N1CCC(c2ccc(N)cc2B2OC(C)(C)C(C)(C)O2)CC1. The van der Waals surface area contributed by atoms with Crippen molar-refractivity contribution in [2.45, 2.75) is 84.0 Å². The highest BCUT2D eigenvalue weighted by atomic mass is 16.7. The minimum Gasteiger partial charge on any atom is -0.444 e. The van der Waals surface area contributed by atoms with E-state index in [4.69, 9.17) is 19.8 Å². The number of hydrogen-bond acceptors (Lipinski definition) is 5. The summed E-state index contributed by atoms with van der Waals surface area (Å²) >= 11 is 0. The number of amides is 1. The number of hydrogen-bond donors (Lipinski definition) is 1. The molecule has 3 rings (SSSR count). The lowest BCUT2D eigenvalue weighted by Crippen LogP contribution is -2.43. The first-order valence-electron chi connectivity index (χ1n) is 10.5. The normalized spacial score (nSPS) is 22.0. The van der Waals surface area contributed by atoms with Crippen LogP contribution in [0.4, 0.5) is 10.5 Å². The first kappa shape index (κ1) is 22.0. The van der Waals surface area contributed by atoms with Crippen LogP contribution in [-0.2, 0) is 14.0 Å². The van der Waals surface area contributed by atoms with Gasteiger partial charge in [0.05, 0.1) is 11.2 Å². The van der Waals surface area contributed by atoms with Gasteiger partial charge < -0.3 is 24.7 Å². The van der Waals surface area contributed by atoms with Gasteiger partial charge in [-0.25, -0.2) is 4.79 Å². The summed E-state index contributed by atoms with van der Waals surface area (Å²) in [5.41, 5.74) is 7.71. The number of carbonyl (C=O) groups is 1. The lowest BCUT2D eigenvalue weighted by molar-refractivity contribution is 0.00578. The zero-order valence-corrected chi connectivity index (χ0v) is 18.9. The quantitative estimate of drug-likeness (QED) is 0.604. The van der Waals surface area contributed by atoms with Crippen molar-refractivity contribution < 1.29 is 18.8 Å². The summed E-state index contributed by atoms with van der Waals surface area (Å²) in [4.78, 5) is 14.2. The summed E-state index contributed by atoms with van der Waals surface area (Å²) in [5, 5.41) is 0. The topological polar surface area (TPSA) is 74.0 Å². The highest BCUT2D eigenvalue weighted by Crippen LogP contribution is 2.38. The molecule has 2 aliphatic heterocycles. The fraction of sp³-hybridized carbons (Fsp3) is 0.682. The lowest BCUT2D eigenvalue weighted by atomic mass is 9.71. The number of carbonyl (C=O) groups excluding carboxylic acids is 1.